The number of amides is 1. The number of aliphatic hydroxyl groups is 1. The number of carbonyl (C=O) groups is 2. The van der Waals surface area contributed by atoms with E-state index < -0.39 is 36.4 Å². The van der Waals surface area contributed by atoms with Gasteiger partial charge in [-0.2, -0.15) is 0 Å². The number of aliphatic hydroxyl groups excluding tert-OH is 1. The molecule has 5 atom stereocenters. The van der Waals surface area contributed by atoms with Crippen LogP contribution in [0.15, 0.2) is 60.7 Å². The maximum atomic E-state index is 12.7. The molecule has 8 nitrogen and oxygen atoms in total. The molecule has 33 heavy (non-hydrogen) atoms. The van der Waals surface area contributed by atoms with Crippen molar-refractivity contribution in [1.29, 1.82) is 0 Å². The van der Waals surface area contributed by atoms with Crippen molar-refractivity contribution in [2.45, 2.75) is 57.0 Å². The maximum absolute atomic E-state index is 12.7. The second-order valence-corrected chi connectivity index (χ2v) is 7.88. The molecule has 1 aliphatic heterocycles. The summed E-state index contributed by atoms with van der Waals surface area (Å²) in [5.74, 6) is -0.885. The summed E-state index contributed by atoms with van der Waals surface area (Å²) in [6.45, 7) is 1.67. The number of benzene rings is 2. The van der Waals surface area contributed by atoms with Gasteiger partial charge in [-0.15, -0.1) is 0 Å². The molecule has 2 aromatic carbocycles. The predicted octanol–water partition coefficient (Wildman–Crippen LogP) is 1.98. The van der Waals surface area contributed by atoms with Gasteiger partial charge < -0.3 is 29.4 Å². The zero-order chi connectivity index (χ0) is 23.6. The number of nitrogens with one attached hydrogen (secondary N) is 1. The minimum atomic E-state index is -1.08. The van der Waals surface area contributed by atoms with E-state index in [0.29, 0.717) is 0 Å². The molecule has 0 unspecified atom stereocenters. The molecule has 0 aliphatic carbocycles. The summed E-state index contributed by atoms with van der Waals surface area (Å²) in [6.07, 6.45) is -3.13. The number of carbonyl (C=O) groups excluding carboxylic acids is 2. The molecule has 0 radical (unpaired) electrons. The first-order chi connectivity index (χ1) is 16.0. The molecule has 178 valence electrons. The van der Waals surface area contributed by atoms with Gasteiger partial charge in [0.2, 0.25) is 5.91 Å². The number of rotatable bonds is 10. The van der Waals surface area contributed by atoms with Crippen LogP contribution in [0.3, 0.4) is 0 Å². The van der Waals surface area contributed by atoms with Gasteiger partial charge >= 0.3 is 5.97 Å². The number of hydrogen-bond acceptors (Lipinski definition) is 7. The highest BCUT2D eigenvalue weighted by atomic mass is 16.6. The van der Waals surface area contributed by atoms with E-state index in [-0.39, 0.29) is 32.1 Å². The molecular formula is C25H31NO7. The van der Waals surface area contributed by atoms with Crippen LogP contribution in [-0.2, 0) is 41.8 Å². The molecule has 0 aromatic heterocycles. The molecule has 2 N–H and O–H groups in total. The van der Waals surface area contributed by atoms with Crippen LogP contribution >= 0.6 is 0 Å². The summed E-state index contributed by atoms with van der Waals surface area (Å²) in [5, 5.41) is 12.5. The van der Waals surface area contributed by atoms with Gasteiger partial charge in [0.05, 0.1) is 32.5 Å². The van der Waals surface area contributed by atoms with Crippen molar-refractivity contribution in [3.63, 3.8) is 0 Å². The molecule has 8 heteroatoms. The van der Waals surface area contributed by atoms with Crippen molar-refractivity contribution in [1.82, 2.24) is 5.32 Å². The van der Waals surface area contributed by atoms with Gasteiger partial charge in [-0.3, -0.25) is 4.79 Å². The summed E-state index contributed by atoms with van der Waals surface area (Å²) in [4.78, 5) is 24.7. The third-order valence-electron chi connectivity index (χ3n) is 5.49. The summed E-state index contributed by atoms with van der Waals surface area (Å²) in [7, 11) is 1.28. The third kappa shape index (κ3) is 6.85. The zero-order valence-electron chi connectivity index (χ0n) is 18.9. The fourth-order valence-corrected chi connectivity index (χ4v) is 3.94. The van der Waals surface area contributed by atoms with Gasteiger partial charge in [-0.05, 0) is 17.5 Å². The Morgan fingerprint density at radius 2 is 1.48 bits per heavy atom. The fraction of sp³-hybridized carbons (Fsp3) is 0.440. The van der Waals surface area contributed by atoms with Crippen LogP contribution in [0.5, 0.6) is 0 Å². The van der Waals surface area contributed by atoms with E-state index in [2.05, 4.69) is 5.32 Å². The molecular weight excluding hydrogens is 426 g/mol. The summed E-state index contributed by atoms with van der Waals surface area (Å²) in [5.41, 5.74) is 1.84. The van der Waals surface area contributed by atoms with Gasteiger partial charge in [-0.25, -0.2) is 4.79 Å². The van der Waals surface area contributed by atoms with Crippen molar-refractivity contribution < 1.29 is 33.6 Å². The van der Waals surface area contributed by atoms with E-state index in [9.17, 15) is 14.7 Å². The van der Waals surface area contributed by atoms with Gasteiger partial charge in [-0.1, -0.05) is 60.7 Å². The normalized spacial score (nSPS) is 24.8. The van der Waals surface area contributed by atoms with Crippen LogP contribution in [0.25, 0.3) is 0 Å². The van der Waals surface area contributed by atoms with E-state index in [0.717, 1.165) is 11.1 Å². The summed E-state index contributed by atoms with van der Waals surface area (Å²) >= 11 is 0. The van der Waals surface area contributed by atoms with Crippen molar-refractivity contribution in [2.75, 3.05) is 13.7 Å². The Morgan fingerprint density at radius 3 is 1.97 bits per heavy atom. The van der Waals surface area contributed by atoms with E-state index >= 15 is 0 Å². The lowest BCUT2D eigenvalue weighted by Gasteiger charge is -2.45. The second kappa shape index (κ2) is 12.5. The smallest absolute Gasteiger partial charge is 0.337 e. The summed E-state index contributed by atoms with van der Waals surface area (Å²) in [6, 6.07) is 18.5. The molecule has 0 bridgehead atoms. The monoisotopic (exact) mass is 457 g/mol. The van der Waals surface area contributed by atoms with Gasteiger partial charge in [0, 0.05) is 13.5 Å². The Labute approximate surface area is 193 Å². The lowest BCUT2D eigenvalue weighted by atomic mass is 9.90. The Morgan fingerprint density at radius 1 is 0.939 bits per heavy atom. The van der Waals surface area contributed by atoms with Gasteiger partial charge in [0.15, 0.2) is 6.10 Å². The number of ether oxygens (including phenoxy) is 4. The SMILES string of the molecule is COC(=O)[C@H]1O[C@H](CCO)[C@H](NC(C)=O)[C@@H](OCc2ccccc2)[C@@H]1OCc1ccccc1. The largest absolute Gasteiger partial charge is 0.467 e. The van der Waals surface area contributed by atoms with Gasteiger partial charge in [0.1, 0.15) is 12.2 Å². The molecule has 1 amide bonds. The average molecular weight is 458 g/mol. The molecule has 1 fully saturated rings. The quantitative estimate of drug-likeness (QED) is 0.526. The average Bonchev–Trinajstić information content (AvgIpc) is 2.83. The number of esters is 1. The first-order valence-corrected chi connectivity index (χ1v) is 11.0. The van der Waals surface area contributed by atoms with Crippen molar-refractivity contribution in [3.05, 3.63) is 71.8 Å². The topological polar surface area (TPSA) is 103 Å². The molecule has 0 saturated carbocycles. The second-order valence-electron chi connectivity index (χ2n) is 7.88. The van der Waals surface area contributed by atoms with E-state index in [1.807, 2.05) is 60.7 Å². The molecule has 1 saturated heterocycles. The van der Waals surface area contributed by atoms with Crippen molar-refractivity contribution >= 4 is 11.9 Å². The maximum Gasteiger partial charge on any atom is 0.337 e. The van der Waals surface area contributed by atoms with Gasteiger partial charge in [0.25, 0.3) is 0 Å². The lowest BCUT2D eigenvalue weighted by molar-refractivity contribution is -0.230. The molecule has 1 aliphatic rings. The zero-order valence-corrected chi connectivity index (χ0v) is 18.9. The van der Waals surface area contributed by atoms with Crippen LogP contribution in [-0.4, -0.2) is 61.2 Å². The number of hydrogen-bond donors (Lipinski definition) is 2. The van der Waals surface area contributed by atoms with Crippen LogP contribution in [0, 0.1) is 0 Å². The highest BCUT2D eigenvalue weighted by Gasteiger charge is 2.50. The van der Waals surface area contributed by atoms with Crippen molar-refractivity contribution in [3.8, 4) is 0 Å². The first kappa shape index (κ1) is 24.9. The molecule has 3 rings (SSSR count). The Hall–Kier alpha value is -2.78. The van der Waals surface area contributed by atoms with Crippen molar-refractivity contribution in [2.24, 2.45) is 0 Å². The molecule has 1 heterocycles. The predicted molar refractivity (Wildman–Crippen MR) is 120 cm³/mol. The van der Waals surface area contributed by atoms with Crippen LogP contribution in [0.2, 0.25) is 0 Å². The minimum absolute atomic E-state index is 0.185. The molecule has 2 aromatic rings. The summed E-state index contributed by atoms with van der Waals surface area (Å²) < 4.78 is 23.5. The van der Waals surface area contributed by atoms with Crippen LogP contribution < -0.4 is 5.32 Å². The Bertz CT molecular complexity index is 877. The fourth-order valence-electron chi connectivity index (χ4n) is 3.94. The van der Waals surface area contributed by atoms with E-state index in [1.165, 1.54) is 14.0 Å². The minimum Gasteiger partial charge on any atom is -0.467 e. The third-order valence-corrected chi connectivity index (χ3v) is 5.49. The van der Waals surface area contributed by atoms with Crippen LogP contribution in [0.4, 0.5) is 0 Å². The first-order valence-electron chi connectivity index (χ1n) is 11.0. The Balaban J connectivity index is 1.92. The van der Waals surface area contributed by atoms with Crippen LogP contribution in [0.1, 0.15) is 24.5 Å². The lowest BCUT2D eigenvalue weighted by Crippen LogP contribution is -2.66. The highest BCUT2D eigenvalue weighted by Crippen LogP contribution is 2.30. The highest BCUT2D eigenvalue weighted by molar-refractivity contribution is 5.76. The Kier molecular flexibility index (Phi) is 9.38. The standard InChI is InChI=1S/C25H31NO7/c1-17(28)26-21-20(13-14-27)33-24(25(29)30-2)23(32-16-19-11-7-4-8-12-19)22(21)31-15-18-9-5-3-6-10-18/h3-12,20-24,27H,13-16H2,1-2H3,(H,26,28)/t20-,21+,22-,23+,24+/m1/s1. The molecule has 0 spiro atoms. The van der Waals surface area contributed by atoms with E-state index in [1.54, 1.807) is 0 Å². The van der Waals surface area contributed by atoms with E-state index in [4.69, 9.17) is 18.9 Å². The number of methoxy groups -OCH3 is 1.